The van der Waals surface area contributed by atoms with E-state index in [9.17, 15) is 9.59 Å². The van der Waals surface area contributed by atoms with Gasteiger partial charge in [0.1, 0.15) is 12.3 Å². The van der Waals surface area contributed by atoms with Crippen LogP contribution < -0.4 is 9.64 Å². The highest BCUT2D eigenvalue weighted by Gasteiger charge is 2.40. The first kappa shape index (κ1) is 20.5. The molecule has 1 fully saturated rings. The van der Waals surface area contributed by atoms with E-state index in [0.717, 1.165) is 24.2 Å². The lowest BCUT2D eigenvalue weighted by Gasteiger charge is -2.42. The predicted octanol–water partition coefficient (Wildman–Crippen LogP) is 5.01. The third-order valence-electron chi connectivity index (χ3n) is 6.66. The molecule has 1 heterocycles. The molecule has 30 heavy (non-hydrogen) atoms. The topological polar surface area (TPSA) is 49.9 Å². The highest BCUT2D eigenvalue weighted by atomic mass is 16.5. The van der Waals surface area contributed by atoms with E-state index < -0.39 is 0 Å². The van der Waals surface area contributed by atoms with Crippen molar-refractivity contribution in [2.24, 2.45) is 0 Å². The van der Waals surface area contributed by atoms with Crippen molar-refractivity contribution in [3.05, 3.63) is 59.2 Å². The van der Waals surface area contributed by atoms with Crippen LogP contribution in [0.1, 0.15) is 57.2 Å². The van der Waals surface area contributed by atoms with Crippen molar-refractivity contribution in [2.45, 2.75) is 57.9 Å². The van der Waals surface area contributed by atoms with E-state index in [0.29, 0.717) is 12.2 Å². The van der Waals surface area contributed by atoms with Crippen molar-refractivity contribution in [1.82, 2.24) is 4.90 Å². The third kappa shape index (κ3) is 3.47. The number of carbonyl (C=O) groups excluding carboxylic acids is 2. The molecule has 0 saturated carbocycles. The van der Waals surface area contributed by atoms with E-state index in [4.69, 9.17) is 4.74 Å². The number of anilines is 1. The van der Waals surface area contributed by atoms with Gasteiger partial charge in [0.15, 0.2) is 0 Å². The van der Waals surface area contributed by atoms with Gasteiger partial charge in [-0.1, -0.05) is 45.9 Å². The molecule has 1 aliphatic carbocycles. The van der Waals surface area contributed by atoms with E-state index in [-0.39, 0.29) is 29.3 Å². The van der Waals surface area contributed by atoms with Crippen LogP contribution in [0, 0.1) is 0 Å². The van der Waals surface area contributed by atoms with Crippen LogP contribution in [0.15, 0.2) is 42.5 Å². The molecular weight excluding hydrogens is 376 g/mol. The minimum Gasteiger partial charge on any atom is -0.497 e. The Morgan fingerprint density at radius 2 is 1.53 bits per heavy atom. The number of carbonyl (C=O) groups is 2. The van der Waals surface area contributed by atoms with E-state index in [1.165, 1.54) is 16.0 Å². The first-order chi connectivity index (χ1) is 14.1. The van der Waals surface area contributed by atoms with Crippen molar-refractivity contribution in [2.75, 3.05) is 18.6 Å². The SMILES string of the molecule is COc1ccc(CN2CC(=O)N(c3ccc4c(c3)C(C)(C)CCC4(C)C)C2=O)cc1. The van der Waals surface area contributed by atoms with Crippen molar-refractivity contribution in [3.8, 4) is 5.75 Å². The van der Waals surface area contributed by atoms with E-state index in [1.54, 1.807) is 12.0 Å². The Morgan fingerprint density at radius 1 is 0.900 bits per heavy atom. The van der Waals surface area contributed by atoms with Crippen molar-refractivity contribution >= 4 is 17.6 Å². The molecule has 0 spiro atoms. The number of fused-ring (bicyclic) bond motifs is 1. The van der Waals surface area contributed by atoms with Gasteiger partial charge in [0.05, 0.1) is 12.8 Å². The summed E-state index contributed by atoms with van der Waals surface area (Å²) in [6, 6.07) is 13.4. The number of rotatable bonds is 4. The molecule has 5 heteroatoms. The number of ether oxygens (including phenoxy) is 1. The average Bonchev–Trinajstić information content (AvgIpc) is 2.99. The van der Waals surface area contributed by atoms with E-state index in [1.807, 2.05) is 30.3 Å². The maximum Gasteiger partial charge on any atom is 0.332 e. The fraction of sp³-hybridized carbons (Fsp3) is 0.440. The number of benzene rings is 2. The molecule has 2 aromatic carbocycles. The summed E-state index contributed by atoms with van der Waals surface area (Å²) in [6.07, 6.45) is 2.21. The van der Waals surface area contributed by atoms with Crippen LogP contribution in [0.4, 0.5) is 10.5 Å². The van der Waals surface area contributed by atoms with Gasteiger partial charge in [0.2, 0.25) is 0 Å². The molecule has 0 bridgehead atoms. The molecule has 1 saturated heterocycles. The fourth-order valence-corrected chi connectivity index (χ4v) is 4.59. The average molecular weight is 407 g/mol. The molecule has 2 aliphatic rings. The molecule has 1 aliphatic heterocycles. The summed E-state index contributed by atoms with van der Waals surface area (Å²) in [5.41, 5.74) is 4.32. The minimum atomic E-state index is -0.261. The third-order valence-corrected chi connectivity index (χ3v) is 6.66. The zero-order chi connectivity index (χ0) is 21.7. The Bertz CT molecular complexity index is 992. The van der Waals surface area contributed by atoms with Crippen LogP contribution in [0.5, 0.6) is 5.75 Å². The second-order valence-corrected chi connectivity index (χ2v) is 9.71. The summed E-state index contributed by atoms with van der Waals surface area (Å²) in [5.74, 6) is 0.588. The number of hydrogen-bond acceptors (Lipinski definition) is 3. The fourth-order valence-electron chi connectivity index (χ4n) is 4.59. The summed E-state index contributed by atoms with van der Waals surface area (Å²) in [5, 5.41) is 0. The van der Waals surface area contributed by atoms with Gasteiger partial charge in [-0.3, -0.25) is 4.79 Å². The van der Waals surface area contributed by atoms with Crippen LogP contribution in [0.2, 0.25) is 0 Å². The highest BCUT2D eigenvalue weighted by molar-refractivity contribution is 6.19. The molecular formula is C25H30N2O3. The summed E-state index contributed by atoms with van der Waals surface area (Å²) in [6.45, 7) is 9.52. The zero-order valence-electron chi connectivity index (χ0n) is 18.5. The molecule has 0 N–H and O–H groups in total. The lowest BCUT2D eigenvalue weighted by molar-refractivity contribution is -0.116. The Hall–Kier alpha value is -2.82. The first-order valence-corrected chi connectivity index (χ1v) is 10.5. The smallest absolute Gasteiger partial charge is 0.332 e. The minimum absolute atomic E-state index is 0.0233. The summed E-state index contributed by atoms with van der Waals surface area (Å²) >= 11 is 0. The van der Waals surface area contributed by atoms with Gasteiger partial charge < -0.3 is 9.64 Å². The molecule has 0 unspecified atom stereocenters. The maximum atomic E-state index is 13.1. The van der Waals surface area contributed by atoms with Crippen LogP contribution >= 0.6 is 0 Å². The zero-order valence-corrected chi connectivity index (χ0v) is 18.5. The summed E-state index contributed by atoms with van der Waals surface area (Å²) in [7, 11) is 1.62. The maximum absolute atomic E-state index is 13.1. The number of nitrogens with zero attached hydrogens (tertiary/aromatic N) is 2. The number of amides is 3. The van der Waals surface area contributed by atoms with Gasteiger partial charge >= 0.3 is 6.03 Å². The van der Waals surface area contributed by atoms with Gasteiger partial charge in [-0.15, -0.1) is 0 Å². The standard InChI is InChI=1S/C25H30N2O3/c1-24(2)12-13-25(3,4)21-14-18(8-11-20(21)24)27-22(28)16-26(23(27)29)15-17-6-9-19(30-5)10-7-17/h6-11,14H,12-13,15-16H2,1-5H3. The molecule has 158 valence electrons. The second kappa shape index (κ2) is 7.15. The lowest BCUT2D eigenvalue weighted by Crippen LogP contribution is -2.36. The highest BCUT2D eigenvalue weighted by Crippen LogP contribution is 2.47. The van der Waals surface area contributed by atoms with Gasteiger partial charge in [-0.05, 0) is 64.6 Å². The molecule has 3 amide bonds. The van der Waals surface area contributed by atoms with Crippen molar-refractivity contribution in [1.29, 1.82) is 0 Å². The van der Waals surface area contributed by atoms with Gasteiger partial charge in [-0.25, -0.2) is 9.69 Å². The van der Waals surface area contributed by atoms with Crippen LogP contribution in [0.25, 0.3) is 0 Å². The van der Waals surface area contributed by atoms with Crippen molar-refractivity contribution < 1.29 is 14.3 Å². The van der Waals surface area contributed by atoms with Crippen molar-refractivity contribution in [3.63, 3.8) is 0 Å². The molecule has 0 radical (unpaired) electrons. The number of methoxy groups -OCH3 is 1. The Labute approximate surface area is 178 Å². The summed E-state index contributed by atoms with van der Waals surface area (Å²) in [4.78, 5) is 28.8. The number of hydrogen-bond donors (Lipinski definition) is 0. The predicted molar refractivity (Wildman–Crippen MR) is 118 cm³/mol. The van der Waals surface area contributed by atoms with E-state index in [2.05, 4.69) is 39.8 Å². The lowest BCUT2D eigenvalue weighted by atomic mass is 9.63. The van der Waals surface area contributed by atoms with E-state index >= 15 is 0 Å². The monoisotopic (exact) mass is 406 g/mol. The Morgan fingerprint density at radius 3 is 2.17 bits per heavy atom. The van der Waals surface area contributed by atoms with Crippen LogP contribution in [-0.4, -0.2) is 30.5 Å². The molecule has 0 aromatic heterocycles. The quantitative estimate of drug-likeness (QED) is 0.671. The van der Waals surface area contributed by atoms with Crippen LogP contribution in [-0.2, 0) is 22.2 Å². The Kier molecular flexibility index (Phi) is 4.88. The van der Waals surface area contributed by atoms with Gasteiger partial charge in [0.25, 0.3) is 5.91 Å². The number of urea groups is 1. The first-order valence-electron chi connectivity index (χ1n) is 10.5. The second-order valence-electron chi connectivity index (χ2n) is 9.71. The molecule has 5 nitrogen and oxygen atoms in total. The van der Waals surface area contributed by atoms with Gasteiger partial charge in [0, 0.05) is 6.54 Å². The number of imide groups is 1. The van der Waals surface area contributed by atoms with Gasteiger partial charge in [-0.2, -0.15) is 0 Å². The molecule has 4 rings (SSSR count). The normalized spacial score (nSPS) is 19.8. The van der Waals surface area contributed by atoms with Crippen LogP contribution in [0.3, 0.4) is 0 Å². The molecule has 0 atom stereocenters. The summed E-state index contributed by atoms with van der Waals surface area (Å²) < 4.78 is 5.19. The Balaban J connectivity index is 1.61. The molecule has 2 aromatic rings. The largest absolute Gasteiger partial charge is 0.497 e.